The van der Waals surface area contributed by atoms with Gasteiger partial charge in [-0.2, -0.15) is 0 Å². The van der Waals surface area contributed by atoms with Crippen LogP contribution in [0.5, 0.6) is 0 Å². The van der Waals surface area contributed by atoms with Crippen molar-refractivity contribution in [3.8, 4) is 0 Å². The normalized spacial score (nSPS) is 19.0. The lowest BCUT2D eigenvalue weighted by atomic mass is 10.1. The van der Waals surface area contributed by atoms with E-state index in [-0.39, 0.29) is 17.2 Å². The van der Waals surface area contributed by atoms with Crippen LogP contribution in [0.15, 0.2) is 84.9 Å². The van der Waals surface area contributed by atoms with Crippen molar-refractivity contribution in [1.29, 1.82) is 0 Å². The molecule has 3 aromatic carbocycles. The number of benzene rings is 3. The Morgan fingerprint density at radius 3 is 1.88 bits per heavy atom. The van der Waals surface area contributed by atoms with Gasteiger partial charge in [0.15, 0.2) is 8.32 Å². The van der Waals surface area contributed by atoms with Crippen LogP contribution in [0, 0.1) is 0 Å². The molecule has 0 aliphatic heterocycles. The van der Waals surface area contributed by atoms with Crippen LogP contribution in [-0.4, -0.2) is 14.4 Å². The van der Waals surface area contributed by atoms with Gasteiger partial charge in [-0.1, -0.05) is 81.4 Å². The van der Waals surface area contributed by atoms with E-state index in [4.69, 9.17) is 4.43 Å². The summed E-state index contributed by atoms with van der Waals surface area (Å²) in [5, 5.41) is 5.41. The quantitative estimate of drug-likeness (QED) is 0.350. The molecule has 0 saturated carbocycles. The molecule has 0 radical (unpaired) electrons. The van der Waals surface area contributed by atoms with E-state index < -0.39 is 15.6 Å². The fraction of sp³-hybridized carbons (Fsp3) is 0.333. The molecule has 1 aliphatic rings. The van der Waals surface area contributed by atoms with Crippen LogP contribution < -0.4 is 15.7 Å². The molecule has 32 heavy (non-hydrogen) atoms. The molecule has 3 nitrogen and oxygen atoms in total. The zero-order chi connectivity index (χ0) is 23.0. The third-order valence-corrected chi connectivity index (χ3v) is 14.2. The molecule has 1 aliphatic carbocycles. The molecule has 0 heterocycles. The summed E-state index contributed by atoms with van der Waals surface area (Å²) < 4.78 is 21.7. The molecule has 0 bridgehead atoms. The zero-order valence-electron chi connectivity index (χ0n) is 19.7. The van der Waals surface area contributed by atoms with Gasteiger partial charge in [0.05, 0.1) is 12.1 Å². The van der Waals surface area contributed by atoms with E-state index in [1.807, 2.05) is 60.7 Å². The summed E-state index contributed by atoms with van der Waals surface area (Å²) in [7, 11) is -5.10. The minimum atomic E-state index is -3.09. The lowest BCUT2D eigenvalue weighted by Crippen LogP contribution is -2.47. The Balaban J connectivity index is 1.78. The van der Waals surface area contributed by atoms with Crippen LogP contribution in [0.3, 0.4) is 0 Å². The number of fused-ring (bicyclic) bond motifs is 1. The van der Waals surface area contributed by atoms with E-state index in [1.54, 1.807) is 0 Å². The third kappa shape index (κ3) is 4.42. The average Bonchev–Trinajstić information content (AvgIpc) is 3.10. The van der Waals surface area contributed by atoms with Crippen molar-refractivity contribution in [2.45, 2.75) is 57.5 Å². The van der Waals surface area contributed by atoms with E-state index in [1.165, 1.54) is 11.1 Å². The minimum Gasteiger partial charge on any atom is -0.412 e. The van der Waals surface area contributed by atoms with Gasteiger partial charge in [0.25, 0.3) is 0 Å². The maximum Gasteiger partial charge on any atom is 0.205 e. The Bertz CT molecular complexity index is 1070. The van der Waals surface area contributed by atoms with Crippen LogP contribution >= 0.6 is 7.29 Å². The highest BCUT2D eigenvalue weighted by atomic mass is 31.2. The van der Waals surface area contributed by atoms with Crippen LogP contribution in [-0.2, 0) is 15.4 Å². The molecule has 0 fully saturated rings. The van der Waals surface area contributed by atoms with Crippen LogP contribution in [0.2, 0.25) is 18.1 Å². The lowest BCUT2D eigenvalue weighted by Gasteiger charge is -2.40. The summed E-state index contributed by atoms with van der Waals surface area (Å²) in [6, 6.07) is 28.0. The number of rotatable bonds is 6. The van der Waals surface area contributed by atoms with Gasteiger partial charge < -0.3 is 4.43 Å². The molecule has 0 spiro atoms. The number of hydrogen-bond acceptors (Lipinski definition) is 2. The first-order valence-electron chi connectivity index (χ1n) is 11.4. The molecule has 2 atom stereocenters. The first kappa shape index (κ1) is 23.2. The number of nitrogens with one attached hydrogen (secondary N) is 1. The topological polar surface area (TPSA) is 38.3 Å². The first-order valence-corrected chi connectivity index (χ1v) is 16.0. The largest absolute Gasteiger partial charge is 0.412 e. The summed E-state index contributed by atoms with van der Waals surface area (Å²) >= 11 is 0. The summed E-state index contributed by atoms with van der Waals surface area (Å²) in [6.07, 6.45) is 0.790. The standard InChI is InChI=1S/C27H34NO2PSi/c1-27(2,3)32(4,5)30-25-20-21-14-12-13-19-24(21)26(25)28-31(29,22-15-8-6-9-16-22)23-17-10-7-11-18-23/h6-19,25-26H,20H2,1-5H3,(H,28,29)/t25-,26+/m0/s1. The highest BCUT2D eigenvalue weighted by Gasteiger charge is 2.45. The fourth-order valence-corrected chi connectivity index (χ4v) is 7.95. The summed E-state index contributed by atoms with van der Waals surface area (Å²) in [5.41, 5.74) is 2.48. The predicted octanol–water partition coefficient (Wildman–Crippen LogP) is 6.19. The van der Waals surface area contributed by atoms with Gasteiger partial charge in [0.1, 0.15) is 0 Å². The Hall–Kier alpha value is -1.97. The van der Waals surface area contributed by atoms with Gasteiger partial charge in [0, 0.05) is 10.6 Å². The highest BCUT2D eigenvalue weighted by molar-refractivity contribution is 7.76. The SMILES string of the molecule is CC(C)(C)[Si](C)(C)O[C@H]1Cc2ccccc2[C@H]1NP(=O)(c1ccccc1)c1ccccc1. The van der Waals surface area contributed by atoms with Gasteiger partial charge in [-0.25, -0.2) is 5.09 Å². The molecular weight excluding hydrogens is 429 g/mol. The van der Waals surface area contributed by atoms with Crippen molar-refractivity contribution in [3.63, 3.8) is 0 Å². The van der Waals surface area contributed by atoms with E-state index >= 15 is 0 Å². The molecule has 0 amide bonds. The minimum absolute atomic E-state index is 0.0472. The summed E-state index contributed by atoms with van der Waals surface area (Å²) in [5.74, 6) is 0. The van der Waals surface area contributed by atoms with Crippen molar-refractivity contribution in [2.24, 2.45) is 0 Å². The average molecular weight is 464 g/mol. The van der Waals surface area contributed by atoms with E-state index in [0.717, 1.165) is 17.0 Å². The van der Waals surface area contributed by atoms with Crippen molar-refractivity contribution >= 4 is 26.2 Å². The van der Waals surface area contributed by atoms with Crippen molar-refractivity contribution in [2.75, 3.05) is 0 Å². The first-order chi connectivity index (χ1) is 15.1. The van der Waals surface area contributed by atoms with E-state index in [9.17, 15) is 4.57 Å². The Kier molecular flexibility index (Phi) is 6.35. The maximum absolute atomic E-state index is 14.7. The number of hydrogen-bond donors (Lipinski definition) is 1. The fourth-order valence-electron chi connectivity index (χ4n) is 4.15. The van der Waals surface area contributed by atoms with Crippen molar-refractivity contribution < 1.29 is 8.99 Å². The van der Waals surface area contributed by atoms with Crippen molar-refractivity contribution in [3.05, 3.63) is 96.1 Å². The van der Waals surface area contributed by atoms with Crippen LogP contribution in [0.4, 0.5) is 0 Å². The molecule has 168 valence electrons. The molecular formula is C27H34NO2PSi. The molecule has 0 saturated heterocycles. The highest BCUT2D eigenvalue weighted by Crippen LogP contribution is 2.47. The third-order valence-electron chi connectivity index (χ3n) is 7.00. The summed E-state index contributed by atoms with van der Waals surface area (Å²) in [6.45, 7) is 11.4. The monoisotopic (exact) mass is 463 g/mol. The van der Waals surface area contributed by atoms with E-state index in [2.05, 4.69) is 63.2 Å². The molecule has 5 heteroatoms. The predicted molar refractivity (Wildman–Crippen MR) is 138 cm³/mol. The molecule has 1 N–H and O–H groups in total. The Morgan fingerprint density at radius 1 is 0.844 bits per heavy atom. The smallest absolute Gasteiger partial charge is 0.205 e. The molecule has 0 unspecified atom stereocenters. The van der Waals surface area contributed by atoms with Crippen LogP contribution in [0.25, 0.3) is 0 Å². The van der Waals surface area contributed by atoms with Gasteiger partial charge in [0.2, 0.25) is 7.29 Å². The van der Waals surface area contributed by atoms with Gasteiger partial charge in [-0.3, -0.25) is 4.57 Å². The van der Waals surface area contributed by atoms with E-state index in [0.29, 0.717) is 0 Å². The van der Waals surface area contributed by atoms with Crippen molar-refractivity contribution in [1.82, 2.24) is 5.09 Å². The molecule has 0 aromatic heterocycles. The van der Waals surface area contributed by atoms with Crippen LogP contribution in [0.1, 0.15) is 37.9 Å². The Morgan fingerprint density at radius 2 is 1.34 bits per heavy atom. The molecule has 3 aromatic rings. The van der Waals surface area contributed by atoms with Gasteiger partial charge in [-0.05, 0) is 59.9 Å². The van der Waals surface area contributed by atoms with Gasteiger partial charge >= 0.3 is 0 Å². The second kappa shape index (κ2) is 8.76. The molecule has 4 rings (SSSR count). The maximum atomic E-state index is 14.7. The lowest BCUT2D eigenvalue weighted by molar-refractivity contribution is 0.158. The summed E-state index contributed by atoms with van der Waals surface area (Å²) in [4.78, 5) is 0. The zero-order valence-corrected chi connectivity index (χ0v) is 21.6. The second-order valence-electron chi connectivity index (χ2n) is 10.2. The second-order valence-corrected chi connectivity index (χ2v) is 17.5. The Labute approximate surface area is 193 Å². The van der Waals surface area contributed by atoms with Gasteiger partial charge in [-0.15, -0.1) is 0 Å².